The molecule has 0 aliphatic rings. The highest BCUT2D eigenvalue weighted by atomic mass is 79.9. The average Bonchev–Trinajstić information content (AvgIpc) is 2.75. The molecule has 2 rings (SSSR count). The summed E-state index contributed by atoms with van der Waals surface area (Å²) in [4.78, 5) is 0. The Bertz CT molecular complexity index is 622. The minimum atomic E-state index is 0.177. The number of anilines is 1. The van der Waals surface area contributed by atoms with Gasteiger partial charge in [0.1, 0.15) is 23.1 Å². The average molecular weight is 319 g/mol. The summed E-state index contributed by atoms with van der Waals surface area (Å²) in [6, 6.07) is 10.0. The Kier molecular flexibility index (Phi) is 3.91. The predicted octanol–water partition coefficient (Wildman–Crippen LogP) is 3.74. The minimum Gasteiger partial charge on any atom is -0.383 e. The summed E-state index contributed by atoms with van der Waals surface area (Å²) in [5.74, 6) is 0.440. The molecule has 98 valence electrons. The van der Waals surface area contributed by atoms with Crippen LogP contribution in [0.15, 0.2) is 28.7 Å². The number of nitrogens with two attached hydrogens (primary N) is 1. The van der Waals surface area contributed by atoms with E-state index in [0.29, 0.717) is 17.1 Å². The quantitative estimate of drug-likeness (QED) is 0.937. The molecule has 1 aromatic heterocycles. The third-order valence-electron chi connectivity index (χ3n) is 3.19. The number of nitriles is 1. The first-order valence-electron chi connectivity index (χ1n) is 6.12. The van der Waals surface area contributed by atoms with E-state index in [0.717, 1.165) is 16.5 Å². The molecule has 0 aliphatic carbocycles. The Morgan fingerprint density at radius 3 is 2.58 bits per heavy atom. The van der Waals surface area contributed by atoms with Crippen molar-refractivity contribution in [1.29, 1.82) is 5.26 Å². The SMILES string of the molecule is CCC(C)n1nc(-c2ccc(Br)cc2)c(C#N)c1N. The lowest BCUT2D eigenvalue weighted by molar-refractivity contribution is 0.486. The fraction of sp³-hybridized carbons (Fsp3) is 0.286. The smallest absolute Gasteiger partial charge is 0.140 e. The molecular formula is C14H15BrN4. The molecule has 1 atom stereocenters. The molecule has 0 saturated carbocycles. The maximum absolute atomic E-state index is 9.29. The van der Waals surface area contributed by atoms with Gasteiger partial charge in [0.05, 0.1) is 6.04 Å². The second-order valence-electron chi connectivity index (χ2n) is 4.43. The highest BCUT2D eigenvalue weighted by Crippen LogP contribution is 2.29. The number of hydrogen-bond acceptors (Lipinski definition) is 3. The van der Waals surface area contributed by atoms with Gasteiger partial charge in [-0.25, -0.2) is 4.68 Å². The summed E-state index contributed by atoms with van der Waals surface area (Å²) < 4.78 is 2.72. The van der Waals surface area contributed by atoms with Gasteiger partial charge in [-0.1, -0.05) is 35.0 Å². The molecule has 0 fully saturated rings. The molecule has 0 bridgehead atoms. The number of nitrogens with zero attached hydrogens (tertiary/aromatic N) is 3. The zero-order chi connectivity index (χ0) is 14.0. The van der Waals surface area contributed by atoms with Crippen LogP contribution in [0.5, 0.6) is 0 Å². The topological polar surface area (TPSA) is 67.6 Å². The number of nitrogen functional groups attached to an aromatic ring is 1. The van der Waals surface area contributed by atoms with Crippen molar-refractivity contribution in [2.45, 2.75) is 26.3 Å². The van der Waals surface area contributed by atoms with Gasteiger partial charge in [-0.3, -0.25) is 0 Å². The zero-order valence-corrected chi connectivity index (χ0v) is 12.5. The fourth-order valence-electron chi connectivity index (χ4n) is 1.88. The Balaban J connectivity index is 2.58. The maximum atomic E-state index is 9.29. The van der Waals surface area contributed by atoms with Crippen molar-refractivity contribution < 1.29 is 0 Å². The first kappa shape index (κ1) is 13.6. The van der Waals surface area contributed by atoms with Crippen LogP contribution in [0.4, 0.5) is 5.82 Å². The predicted molar refractivity (Wildman–Crippen MR) is 79.5 cm³/mol. The molecule has 0 amide bonds. The van der Waals surface area contributed by atoms with E-state index >= 15 is 0 Å². The third-order valence-corrected chi connectivity index (χ3v) is 3.71. The van der Waals surface area contributed by atoms with Crippen LogP contribution < -0.4 is 5.73 Å². The van der Waals surface area contributed by atoms with E-state index in [-0.39, 0.29) is 6.04 Å². The van der Waals surface area contributed by atoms with Gasteiger partial charge < -0.3 is 5.73 Å². The molecular weight excluding hydrogens is 304 g/mol. The molecule has 1 unspecified atom stereocenters. The Morgan fingerprint density at radius 2 is 2.05 bits per heavy atom. The zero-order valence-electron chi connectivity index (χ0n) is 10.9. The van der Waals surface area contributed by atoms with Crippen LogP contribution >= 0.6 is 15.9 Å². The van der Waals surface area contributed by atoms with Crippen molar-refractivity contribution in [3.8, 4) is 17.3 Å². The maximum Gasteiger partial charge on any atom is 0.140 e. The molecule has 0 aliphatic heterocycles. The minimum absolute atomic E-state index is 0.177. The second kappa shape index (κ2) is 5.45. The first-order chi connectivity index (χ1) is 9.08. The molecule has 2 N–H and O–H groups in total. The monoisotopic (exact) mass is 318 g/mol. The molecule has 2 aromatic rings. The molecule has 4 nitrogen and oxygen atoms in total. The van der Waals surface area contributed by atoms with Gasteiger partial charge >= 0.3 is 0 Å². The van der Waals surface area contributed by atoms with Crippen molar-refractivity contribution >= 4 is 21.7 Å². The molecule has 5 heteroatoms. The van der Waals surface area contributed by atoms with Gasteiger partial charge in [-0.15, -0.1) is 0 Å². The van der Waals surface area contributed by atoms with E-state index < -0.39 is 0 Å². The molecule has 19 heavy (non-hydrogen) atoms. The molecule has 1 heterocycles. The van der Waals surface area contributed by atoms with Crippen LogP contribution in [0, 0.1) is 11.3 Å². The van der Waals surface area contributed by atoms with Gasteiger partial charge in [0.25, 0.3) is 0 Å². The largest absolute Gasteiger partial charge is 0.383 e. The van der Waals surface area contributed by atoms with E-state index in [2.05, 4.69) is 34.0 Å². The van der Waals surface area contributed by atoms with Crippen molar-refractivity contribution in [1.82, 2.24) is 9.78 Å². The van der Waals surface area contributed by atoms with Crippen molar-refractivity contribution in [3.63, 3.8) is 0 Å². The molecule has 1 aromatic carbocycles. The standard InChI is InChI=1S/C14H15BrN4/c1-3-9(2)19-14(17)12(8-16)13(18-19)10-4-6-11(15)7-5-10/h4-7,9H,3,17H2,1-2H3. The summed E-state index contributed by atoms with van der Waals surface area (Å²) in [7, 11) is 0. The Morgan fingerprint density at radius 1 is 1.42 bits per heavy atom. The van der Waals surface area contributed by atoms with E-state index in [9.17, 15) is 5.26 Å². The lowest BCUT2D eigenvalue weighted by atomic mass is 10.1. The Hall–Kier alpha value is -1.80. The highest BCUT2D eigenvalue weighted by molar-refractivity contribution is 9.10. The number of benzene rings is 1. The van der Waals surface area contributed by atoms with Crippen LogP contribution in [-0.4, -0.2) is 9.78 Å². The van der Waals surface area contributed by atoms with Crippen molar-refractivity contribution in [3.05, 3.63) is 34.3 Å². The summed E-state index contributed by atoms with van der Waals surface area (Å²) in [6.45, 7) is 4.10. The second-order valence-corrected chi connectivity index (χ2v) is 5.35. The van der Waals surface area contributed by atoms with E-state index in [4.69, 9.17) is 5.73 Å². The molecule has 0 spiro atoms. The first-order valence-corrected chi connectivity index (χ1v) is 6.91. The van der Waals surface area contributed by atoms with Gasteiger partial charge in [0.15, 0.2) is 0 Å². The summed E-state index contributed by atoms with van der Waals surface area (Å²) in [5.41, 5.74) is 8.02. The van der Waals surface area contributed by atoms with Gasteiger partial charge in [-0.2, -0.15) is 10.4 Å². The Labute approximate surface area is 121 Å². The summed E-state index contributed by atoms with van der Waals surface area (Å²) in [6.07, 6.45) is 0.913. The normalized spacial score (nSPS) is 12.1. The molecule has 0 radical (unpaired) electrons. The van der Waals surface area contributed by atoms with Crippen LogP contribution in [-0.2, 0) is 0 Å². The fourth-order valence-corrected chi connectivity index (χ4v) is 2.14. The van der Waals surface area contributed by atoms with Crippen molar-refractivity contribution in [2.24, 2.45) is 0 Å². The highest BCUT2D eigenvalue weighted by Gasteiger charge is 2.19. The van der Waals surface area contributed by atoms with Crippen LogP contribution in [0.1, 0.15) is 31.9 Å². The molecule has 0 saturated heterocycles. The number of rotatable bonds is 3. The van der Waals surface area contributed by atoms with Crippen LogP contribution in [0.3, 0.4) is 0 Å². The number of halogens is 1. The van der Waals surface area contributed by atoms with Gasteiger partial charge in [-0.05, 0) is 25.5 Å². The number of hydrogen-bond donors (Lipinski definition) is 1. The van der Waals surface area contributed by atoms with Crippen LogP contribution in [0.2, 0.25) is 0 Å². The number of aromatic nitrogens is 2. The van der Waals surface area contributed by atoms with E-state index in [1.807, 2.05) is 31.2 Å². The van der Waals surface area contributed by atoms with Crippen LogP contribution in [0.25, 0.3) is 11.3 Å². The van der Waals surface area contributed by atoms with Gasteiger partial charge in [0.2, 0.25) is 0 Å². The summed E-state index contributed by atoms with van der Waals surface area (Å²) in [5, 5.41) is 13.8. The van der Waals surface area contributed by atoms with E-state index in [1.54, 1.807) is 4.68 Å². The third kappa shape index (κ3) is 2.49. The summed E-state index contributed by atoms with van der Waals surface area (Å²) >= 11 is 3.39. The lowest BCUT2D eigenvalue weighted by Gasteiger charge is -2.10. The van der Waals surface area contributed by atoms with Crippen molar-refractivity contribution in [2.75, 3.05) is 5.73 Å². The van der Waals surface area contributed by atoms with E-state index in [1.165, 1.54) is 0 Å². The van der Waals surface area contributed by atoms with Gasteiger partial charge in [0, 0.05) is 10.0 Å². The lowest BCUT2D eigenvalue weighted by Crippen LogP contribution is -2.09.